The Bertz CT molecular complexity index is 2210. The lowest BCUT2D eigenvalue weighted by atomic mass is 9.90. The molecule has 290 valence electrons. The zero-order chi connectivity index (χ0) is 39.2. The standard InChI is InChI=1S/C46H57N4O5/c1-10-49(11-2)34-19-21-38-41(27-34)55-42-28-35(50(12-3)13-4)20-22-39(42)43(38)36-16-14-15-17-37(36)44-48-47-30-33-26-32(18-23-40(33)52-31-53-44)29-46(7,8)54-25-24-45(5,6)51-9/h14-23,26-28,30H,10-13,24-25,29,31H2,1-9H3/q+1. The molecule has 0 fully saturated rings. The topological polar surface area (TPSA) is 81.0 Å². The average Bonchev–Trinajstić information content (AvgIpc) is 3.28. The molecule has 0 bridgehead atoms. The van der Waals surface area contributed by atoms with Crippen LogP contribution >= 0.6 is 0 Å². The van der Waals surface area contributed by atoms with Gasteiger partial charge in [0.25, 0.3) is 0 Å². The van der Waals surface area contributed by atoms with E-state index in [2.05, 4.69) is 130 Å². The Morgan fingerprint density at radius 1 is 0.800 bits per heavy atom. The van der Waals surface area contributed by atoms with Gasteiger partial charge in [0.05, 0.1) is 30.1 Å². The molecule has 0 saturated carbocycles. The zero-order valence-electron chi connectivity index (χ0n) is 34.1. The summed E-state index contributed by atoms with van der Waals surface area (Å²) in [6.45, 7) is 21.3. The van der Waals surface area contributed by atoms with Gasteiger partial charge in [0.2, 0.25) is 18.0 Å². The van der Waals surface area contributed by atoms with Gasteiger partial charge < -0.3 is 28.3 Å². The number of ether oxygens (including phenoxy) is 4. The summed E-state index contributed by atoms with van der Waals surface area (Å²) in [6.07, 6.45) is 3.26. The van der Waals surface area contributed by atoms with Gasteiger partial charge in [0.1, 0.15) is 30.2 Å². The number of nitrogens with zero attached hydrogens (tertiary/aromatic N) is 4. The molecule has 2 aliphatic heterocycles. The summed E-state index contributed by atoms with van der Waals surface area (Å²) < 4.78 is 33.4. The maximum Gasteiger partial charge on any atom is 0.244 e. The summed E-state index contributed by atoms with van der Waals surface area (Å²) in [4.78, 5) is 2.33. The van der Waals surface area contributed by atoms with Crippen molar-refractivity contribution in [3.05, 3.63) is 101 Å². The van der Waals surface area contributed by atoms with Crippen molar-refractivity contribution < 1.29 is 23.4 Å². The predicted molar refractivity (Wildman–Crippen MR) is 225 cm³/mol. The van der Waals surface area contributed by atoms with Crippen LogP contribution in [0.2, 0.25) is 0 Å². The van der Waals surface area contributed by atoms with Crippen LogP contribution < -0.4 is 19.6 Å². The number of rotatable bonds is 14. The molecule has 9 heteroatoms. The van der Waals surface area contributed by atoms with Crippen molar-refractivity contribution in [2.45, 2.75) is 79.4 Å². The summed E-state index contributed by atoms with van der Waals surface area (Å²) in [6, 6.07) is 27.3. The molecule has 0 aromatic heterocycles. The van der Waals surface area contributed by atoms with E-state index in [1.54, 1.807) is 13.3 Å². The van der Waals surface area contributed by atoms with E-state index in [0.29, 0.717) is 18.3 Å². The molecule has 3 aliphatic rings. The van der Waals surface area contributed by atoms with Crippen LogP contribution in [-0.2, 0) is 20.6 Å². The highest BCUT2D eigenvalue weighted by Gasteiger charge is 2.25. The highest BCUT2D eigenvalue weighted by molar-refractivity contribution is 6.09. The van der Waals surface area contributed by atoms with Crippen LogP contribution in [-0.4, -0.2) is 70.0 Å². The van der Waals surface area contributed by atoms with Crippen molar-refractivity contribution in [2.24, 2.45) is 10.2 Å². The maximum absolute atomic E-state index is 6.75. The molecule has 2 heterocycles. The molecule has 0 amide bonds. The van der Waals surface area contributed by atoms with Gasteiger partial charge in [0.15, 0.2) is 0 Å². The largest absolute Gasteiger partial charge is 0.457 e. The van der Waals surface area contributed by atoms with Crippen molar-refractivity contribution in [1.29, 1.82) is 0 Å². The third-order valence-electron chi connectivity index (χ3n) is 10.6. The first-order valence-corrected chi connectivity index (χ1v) is 19.6. The Labute approximate surface area is 326 Å². The molecule has 9 nitrogen and oxygen atoms in total. The zero-order valence-corrected chi connectivity index (χ0v) is 34.1. The van der Waals surface area contributed by atoms with Crippen LogP contribution in [0.3, 0.4) is 0 Å². The van der Waals surface area contributed by atoms with Gasteiger partial charge in [-0.3, -0.25) is 0 Å². The monoisotopic (exact) mass is 745 g/mol. The fourth-order valence-electron chi connectivity index (χ4n) is 7.23. The van der Waals surface area contributed by atoms with E-state index >= 15 is 0 Å². The van der Waals surface area contributed by atoms with Crippen LogP contribution in [0.15, 0.2) is 93.5 Å². The first-order valence-electron chi connectivity index (χ1n) is 19.6. The van der Waals surface area contributed by atoms with Crippen LogP contribution in [0, 0.1) is 0 Å². The van der Waals surface area contributed by atoms with Crippen LogP contribution in [0.4, 0.5) is 5.69 Å². The Morgan fingerprint density at radius 3 is 2.29 bits per heavy atom. The Hall–Kier alpha value is -4.99. The third-order valence-corrected chi connectivity index (χ3v) is 10.6. The third kappa shape index (κ3) is 9.11. The number of benzene rings is 4. The molecule has 0 unspecified atom stereocenters. The number of methoxy groups -OCH3 is 1. The van der Waals surface area contributed by atoms with Crippen molar-refractivity contribution in [3.63, 3.8) is 0 Å². The second-order valence-corrected chi connectivity index (χ2v) is 15.2. The van der Waals surface area contributed by atoms with Gasteiger partial charge in [-0.15, -0.1) is 5.10 Å². The molecule has 3 aromatic rings. The van der Waals surface area contributed by atoms with E-state index in [-0.39, 0.29) is 18.0 Å². The van der Waals surface area contributed by atoms with Crippen LogP contribution in [0.5, 0.6) is 5.75 Å². The van der Waals surface area contributed by atoms with Crippen molar-refractivity contribution in [1.82, 2.24) is 4.58 Å². The molecular weight excluding hydrogens is 689 g/mol. The van der Waals surface area contributed by atoms with Gasteiger partial charge in [-0.2, -0.15) is 5.10 Å². The van der Waals surface area contributed by atoms with Crippen molar-refractivity contribution in [3.8, 4) is 28.2 Å². The quantitative estimate of drug-likeness (QED) is 0.0834. The second-order valence-electron chi connectivity index (χ2n) is 15.2. The van der Waals surface area contributed by atoms with E-state index in [4.69, 9.17) is 23.4 Å². The SMILES string of the molecule is CCN(CC)c1ccc2c(-c3ccccc3/C3=N/N=C/c4cc(CC(C)(C)OCCC(C)(C)OC)ccc4OCO3)c3ccc(=[N+](CC)CC)cc-3oc2c1. The lowest BCUT2D eigenvalue weighted by Crippen LogP contribution is -2.31. The summed E-state index contributed by atoms with van der Waals surface area (Å²) in [7, 11) is 1.74. The molecule has 0 atom stereocenters. The van der Waals surface area contributed by atoms with Gasteiger partial charge in [0, 0.05) is 72.1 Å². The molecule has 0 N–H and O–H groups in total. The highest BCUT2D eigenvalue weighted by atomic mass is 16.7. The minimum absolute atomic E-state index is 0.0289. The van der Waals surface area contributed by atoms with Gasteiger partial charge in [-0.1, -0.05) is 24.3 Å². The number of hydrogen-bond acceptors (Lipinski definition) is 8. The Kier molecular flexibility index (Phi) is 12.4. The Morgan fingerprint density at radius 2 is 1.56 bits per heavy atom. The lowest BCUT2D eigenvalue weighted by molar-refractivity contribution is -0.0575. The van der Waals surface area contributed by atoms with E-state index in [0.717, 1.165) is 100 Å². The fraction of sp³-hybridized carbons (Fsp3) is 0.413. The van der Waals surface area contributed by atoms with Crippen molar-refractivity contribution in [2.75, 3.05) is 51.6 Å². The normalized spacial score (nSPS) is 14.9. The van der Waals surface area contributed by atoms with Crippen molar-refractivity contribution >= 4 is 28.8 Å². The summed E-state index contributed by atoms with van der Waals surface area (Å²) >= 11 is 0. The molecule has 0 spiro atoms. The smallest absolute Gasteiger partial charge is 0.244 e. The summed E-state index contributed by atoms with van der Waals surface area (Å²) in [5.74, 6) is 1.86. The molecule has 6 rings (SSSR count). The van der Waals surface area contributed by atoms with Crippen LogP contribution in [0.25, 0.3) is 33.4 Å². The molecule has 3 aromatic carbocycles. The molecule has 1 aliphatic carbocycles. The van der Waals surface area contributed by atoms with Crippen LogP contribution in [0.1, 0.15) is 78.5 Å². The maximum atomic E-state index is 6.75. The number of anilines is 1. The first kappa shape index (κ1) is 39.7. The summed E-state index contributed by atoms with van der Waals surface area (Å²) in [5.41, 5.74) is 7.10. The average molecular weight is 746 g/mol. The fourth-order valence-corrected chi connectivity index (χ4v) is 7.23. The predicted octanol–water partition coefficient (Wildman–Crippen LogP) is 9.16. The molecule has 0 radical (unpaired) electrons. The highest BCUT2D eigenvalue weighted by Crippen LogP contribution is 2.42. The number of hydrogen-bond donors (Lipinski definition) is 0. The van der Waals surface area contributed by atoms with Gasteiger partial charge in [-0.25, -0.2) is 4.58 Å². The first-order chi connectivity index (χ1) is 26.5. The van der Waals surface area contributed by atoms with E-state index < -0.39 is 0 Å². The van der Waals surface area contributed by atoms with Gasteiger partial charge in [-0.05, 0) is 109 Å². The lowest BCUT2D eigenvalue weighted by Gasteiger charge is -2.29. The minimum Gasteiger partial charge on any atom is -0.457 e. The summed E-state index contributed by atoms with van der Waals surface area (Å²) in [5, 5.41) is 11.3. The van der Waals surface area contributed by atoms with E-state index in [1.165, 1.54) is 0 Å². The molecular formula is C46H57N4O5+. The molecule has 55 heavy (non-hydrogen) atoms. The second kappa shape index (κ2) is 17.2. The Balaban J connectivity index is 1.39. The van der Waals surface area contributed by atoms with E-state index in [9.17, 15) is 0 Å². The minimum atomic E-state index is -0.369. The number of fused-ring (bicyclic) bond motifs is 3. The van der Waals surface area contributed by atoms with E-state index in [1.807, 2.05) is 24.3 Å². The molecule has 0 saturated heterocycles. The van der Waals surface area contributed by atoms with Gasteiger partial charge >= 0.3 is 0 Å².